The van der Waals surface area contributed by atoms with Crippen molar-refractivity contribution >= 4 is 10.8 Å². The van der Waals surface area contributed by atoms with Crippen LogP contribution in [0.4, 0.5) is 0 Å². The van der Waals surface area contributed by atoms with Gasteiger partial charge in [-0.2, -0.15) is 0 Å². The van der Waals surface area contributed by atoms with Crippen molar-refractivity contribution in [2.75, 3.05) is 19.6 Å². The first-order valence-electron chi connectivity index (χ1n) is 7.86. The van der Waals surface area contributed by atoms with E-state index in [1.54, 1.807) is 0 Å². The van der Waals surface area contributed by atoms with Gasteiger partial charge in [-0.1, -0.05) is 36.4 Å². The Kier molecular flexibility index (Phi) is 3.21. The van der Waals surface area contributed by atoms with E-state index in [9.17, 15) is 0 Å². The first-order chi connectivity index (χ1) is 9.90. The van der Waals surface area contributed by atoms with Crippen LogP contribution >= 0.6 is 0 Å². The molecule has 2 nitrogen and oxygen atoms in total. The molecule has 1 atom stereocenters. The van der Waals surface area contributed by atoms with Crippen molar-refractivity contribution in [3.05, 3.63) is 48.0 Å². The minimum Gasteiger partial charge on any atom is -0.288 e. The molecular weight excluding hydrogens is 244 g/mol. The van der Waals surface area contributed by atoms with E-state index in [4.69, 9.17) is 0 Å². The van der Waals surface area contributed by atoms with Gasteiger partial charge in [0.2, 0.25) is 0 Å². The van der Waals surface area contributed by atoms with Gasteiger partial charge in [0.25, 0.3) is 0 Å². The van der Waals surface area contributed by atoms with Crippen LogP contribution in [0, 0.1) is 0 Å². The molecule has 2 heteroatoms. The highest BCUT2D eigenvalue weighted by Gasteiger charge is 2.32. The molecule has 2 aliphatic heterocycles. The second kappa shape index (κ2) is 5.19. The second-order valence-corrected chi connectivity index (χ2v) is 6.16. The van der Waals surface area contributed by atoms with Gasteiger partial charge in [0.1, 0.15) is 0 Å². The lowest BCUT2D eigenvalue weighted by molar-refractivity contribution is 0.0287. The van der Waals surface area contributed by atoms with Crippen molar-refractivity contribution in [3.63, 3.8) is 0 Å². The van der Waals surface area contributed by atoms with Gasteiger partial charge >= 0.3 is 0 Å². The predicted molar refractivity (Wildman–Crippen MR) is 83.6 cm³/mol. The molecule has 0 radical (unpaired) electrons. The zero-order valence-electron chi connectivity index (χ0n) is 12.0. The fourth-order valence-corrected chi connectivity index (χ4v) is 3.86. The minimum atomic E-state index is 0.704. The highest BCUT2D eigenvalue weighted by molar-refractivity contribution is 5.82. The SMILES string of the molecule is c1ccc2cc(CN3CCCN4CCCC43)ccc2c1. The Labute approximate surface area is 121 Å². The Morgan fingerprint density at radius 2 is 1.75 bits per heavy atom. The maximum atomic E-state index is 2.68. The number of nitrogens with zero attached hydrogens (tertiary/aromatic N) is 2. The Morgan fingerprint density at radius 1 is 0.900 bits per heavy atom. The van der Waals surface area contributed by atoms with E-state index in [1.807, 2.05) is 0 Å². The molecule has 2 saturated heterocycles. The van der Waals surface area contributed by atoms with Crippen molar-refractivity contribution < 1.29 is 0 Å². The molecule has 2 fully saturated rings. The van der Waals surface area contributed by atoms with E-state index in [0.29, 0.717) is 6.17 Å². The highest BCUT2D eigenvalue weighted by atomic mass is 15.4. The number of hydrogen-bond donors (Lipinski definition) is 0. The third-order valence-electron chi connectivity index (χ3n) is 4.84. The monoisotopic (exact) mass is 266 g/mol. The summed E-state index contributed by atoms with van der Waals surface area (Å²) in [4.78, 5) is 5.35. The molecular formula is C18H22N2. The average Bonchev–Trinajstić information content (AvgIpc) is 2.97. The fourth-order valence-electron chi connectivity index (χ4n) is 3.86. The summed E-state index contributed by atoms with van der Waals surface area (Å²) in [6.45, 7) is 4.97. The van der Waals surface area contributed by atoms with Gasteiger partial charge in [-0.15, -0.1) is 0 Å². The Morgan fingerprint density at radius 3 is 2.70 bits per heavy atom. The summed E-state index contributed by atoms with van der Waals surface area (Å²) in [6, 6.07) is 15.6. The molecule has 4 rings (SSSR count). The summed E-state index contributed by atoms with van der Waals surface area (Å²) in [7, 11) is 0. The molecule has 20 heavy (non-hydrogen) atoms. The first-order valence-corrected chi connectivity index (χ1v) is 7.86. The number of rotatable bonds is 2. The zero-order valence-corrected chi connectivity index (χ0v) is 12.0. The molecule has 2 aliphatic rings. The molecule has 104 valence electrons. The smallest absolute Gasteiger partial charge is 0.0625 e. The van der Waals surface area contributed by atoms with Crippen LogP contribution in [0.15, 0.2) is 42.5 Å². The van der Waals surface area contributed by atoms with E-state index in [2.05, 4.69) is 52.3 Å². The first kappa shape index (κ1) is 12.4. The largest absolute Gasteiger partial charge is 0.288 e. The molecule has 2 aromatic rings. The van der Waals surface area contributed by atoms with Crippen LogP contribution in [0.5, 0.6) is 0 Å². The lowest BCUT2D eigenvalue weighted by Gasteiger charge is -2.40. The standard InChI is InChI=1S/C18H22N2/c1-2-6-17-13-15(8-9-16(17)5-1)14-20-12-4-11-19-10-3-7-18(19)20/h1-2,5-6,8-9,13,18H,3-4,7,10-12,14H2. The maximum absolute atomic E-state index is 2.68. The van der Waals surface area contributed by atoms with Crippen LogP contribution in [0.3, 0.4) is 0 Å². The number of benzene rings is 2. The summed E-state index contributed by atoms with van der Waals surface area (Å²) in [5.41, 5.74) is 1.46. The van der Waals surface area contributed by atoms with Crippen LogP contribution in [0.2, 0.25) is 0 Å². The third kappa shape index (κ3) is 2.23. The molecule has 0 amide bonds. The minimum absolute atomic E-state index is 0.704. The number of hydrogen-bond acceptors (Lipinski definition) is 2. The molecule has 1 unspecified atom stereocenters. The van der Waals surface area contributed by atoms with Crippen molar-refractivity contribution in [2.24, 2.45) is 0 Å². The maximum Gasteiger partial charge on any atom is 0.0625 e. The van der Waals surface area contributed by atoms with Gasteiger partial charge in [-0.3, -0.25) is 9.80 Å². The number of fused-ring (bicyclic) bond motifs is 2. The van der Waals surface area contributed by atoms with Gasteiger partial charge in [0.15, 0.2) is 0 Å². The van der Waals surface area contributed by atoms with Crippen LogP contribution in [0.1, 0.15) is 24.8 Å². The van der Waals surface area contributed by atoms with E-state index in [-0.39, 0.29) is 0 Å². The molecule has 0 aromatic heterocycles. The van der Waals surface area contributed by atoms with Gasteiger partial charge in [-0.05, 0) is 48.2 Å². The summed E-state index contributed by atoms with van der Waals surface area (Å²) in [6.07, 6.45) is 4.76. The van der Waals surface area contributed by atoms with E-state index in [1.165, 1.54) is 55.2 Å². The molecule has 0 N–H and O–H groups in total. The van der Waals surface area contributed by atoms with Crippen molar-refractivity contribution in [2.45, 2.75) is 32.0 Å². The van der Waals surface area contributed by atoms with Gasteiger partial charge in [0, 0.05) is 19.6 Å². The quantitative estimate of drug-likeness (QED) is 0.821. The Bertz CT molecular complexity index is 607. The van der Waals surface area contributed by atoms with Crippen molar-refractivity contribution in [1.82, 2.24) is 9.80 Å². The molecule has 2 aromatic carbocycles. The van der Waals surface area contributed by atoms with E-state index < -0.39 is 0 Å². The molecule has 2 heterocycles. The molecule has 0 aliphatic carbocycles. The third-order valence-corrected chi connectivity index (χ3v) is 4.84. The van der Waals surface area contributed by atoms with Crippen LogP contribution < -0.4 is 0 Å². The van der Waals surface area contributed by atoms with Crippen molar-refractivity contribution in [3.8, 4) is 0 Å². The Hall–Kier alpha value is -1.38. The van der Waals surface area contributed by atoms with Crippen LogP contribution in [-0.4, -0.2) is 35.6 Å². The molecule has 0 spiro atoms. The van der Waals surface area contributed by atoms with Crippen molar-refractivity contribution in [1.29, 1.82) is 0 Å². The lowest BCUT2D eigenvalue weighted by Crippen LogP contribution is -2.49. The predicted octanol–water partition coefficient (Wildman–Crippen LogP) is 3.47. The summed E-state index contributed by atoms with van der Waals surface area (Å²) in [5.74, 6) is 0. The summed E-state index contributed by atoms with van der Waals surface area (Å²) >= 11 is 0. The molecule has 0 saturated carbocycles. The van der Waals surface area contributed by atoms with Gasteiger partial charge in [0.05, 0.1) is 6.17 Å². The Balaban J connectivity index is 1.57. The fraction of sp³-hybridized carbons (Fsp3) is 0.444. The lowest BCUT2D eigenvalue weighted by atomic mass is 10.1. The van der Waals surface area contributed by atoms with E-state index >= 15 is 0 Å². The topological polar surface area (TPSA) is 6.48 Å². The van der Waals surface area contributed by atoms with Gasteiger partial charge < -0.3 is 0 Å². The molecule has 0 bridgehead atoms. The normalized spacial score (nSPS) is 24.1. The zero-order chi connectivity index (χ0) is 13.4. The van der Waals surface area contributed by atoms with Crippen LogP contribution in [0.25, 0.3) is 10.8 Å². The summed E-state index contributed by atoms with van der Waals surface area (Å²) in [5, 5.41) is 2.71. The van der Waals surface area contributed by atoms with Gasteiger partial charge in [-0.25, -0.2) is 0 Å². The van der Waals surface area contributed by atoms with Crippen LogP contribution in [-0.2, 0) is 6.54 Å². The highest BCUT2D eigenvalue weighted by Crippen LogP contribution is 2.27. The second-order valence-electron chi connectivity index (χ2n) is 6.16. The van der Waals surface area contributed by atoms with E-state index in [0.717, 1.165) is 6.54 Å². The summed E-state index contributed by atoms with van der Waals surface area (Å²) < 4.78 is 0. The average molecular weight is 266 g/mol.